The molecule has 0 fully saturated rings. The van der Waals surface area contributed by atoms with Crippen molar-refractivity contribution in [2.24, 2.45) is 5.10 Å². The van der Waals surface area contributed by atoms with Crippen LogP contribution in [0, 0.1) is 0 Å². The van der Waals surface area contributed by atoms with Crippen LogP contribution in [-0.4, -0.2) is 39.7 Å². The van der Waals surface area contributed by atoms with E-state index in [1.807, 2.05) is 78.2 Å². The van der Waals surface area contributed by atoms with Crippen molar-refractivity contribution in [3.8, 4) is 22.9 Å². The van der Waals surface area contributed by atoms with Crippen LogP contribution < -0.4 is 14.9 Å². The van der Waals surface area contributed by atoms with E-state index in [0.717, 1.165) is 22.5 Å². The number of hydrogen-bond acceptors (Lipinski definition) is 7. The first-order valence-electron chi connectivity index (χ1n) is 11.6. The van der Waals surface area contributed by atoms with E-state index >= 15 is 0 Å². The number of amides is 1. The molecule has 1 heterocycles. The van der Waals surface area contributed by atoms with Gasteiger partial charge in [0.15, 0.2) is 22.5 Å². The maximum Gasteiger partial charge on any atom is 0.250 e. The number of aromatic nitrogens is 3. The highest BCUT2D eigenvalue weighted by atomic mass is 35.5. The highest BCUT2D eigenvalue weighted by molar-refractivity contribution is 7.99. The number of methoxy groups -OCH3 is 1. The van der Waals surface area contributed by atoms with Crippen LogP contribution in [0.3, 0.4) is 0 Å². The largest absolute Gasteiger partial charge is 0.493 e. The van der Waals surface area contributed by atoms with Crippen LogP contribution in [-0.2, 0) is 17.9 Å². The van der Waals surface area contributed by atoms with Gasteiger partial charge in [-0.05, 0) is 60.5 Å². The average Bonchev–Trinajstić information content (AvgIpc) is 3.35. The van der Waals surface area contributed by atoms with Gasteiger partial charge >= 0.3 is 0 Å². The Morgan fingerprint density at radius 1 is 1.08 bits per heavy atom. The van der Waals surface area contributed by atoms with E-state index in [4.69, 9.17) is 21.1 Å². The smallest absolute Gasteiger partial charge is 0.250 e. The fraction of sp³-hybridized carbons (Fsp3) is 0.185. The second-order valence-electron chi connectivity index (χ2n) is 7.82. The van der Waals surface area contributed by atoms with Gasteiger partial charge in [0.25, 0.3) is 5.91 Å². The molecule has 0 aliphatic rings. The lowest BCUT2D eigenvalue weighted by Gasteiger charge is -2.11. The van der Waals surface area contributed by atoms with Crippen LogP contribution in [0.2, 0.25) is 5.02 Å². The van der Waals surface area contributed by atoms with Gasteiger partial charge in [0, 0.05) is 17.1 Å². The molecule has 1 aromatic heterocycles. The number of carbonyl (C=O) groups is 1. The van der Waals surface area contributed by atoms with Crippen molar-refractivity contribution in [1.29, 1.82) is 0 Å². The summed E-state index contributed by atoms with van der Waals surface area (Å²) in [5, 5.41) is 13.9. The second-order valence-corrected chi connectivity index (χ2v) is 9.20. The van der Waals surface area contributed by atoms with Crippen molar-refractivity contribution in [1.82, 2.24) is 20.2 Å². The fourth-order valence-electron chi connectivity index (χ4n) is 3.45. The molecule has 1 amide bonds. The third-order valence-corrected chi connectivity index (χ3v) is 6.51. The standard InChI is InChI=1S/C27H26ClN5O3S/c1-3-33-26(21-10-12-22(28)13-11-21)31-32-27(33)37-18-25(34)30-29-16-20-9-14-23(24(15-20)35-2)36-17-19-7-5-4-6-8-19/h4-16H,3,17-18H2,1-2H3,(H,30,34). The van der Waals surface area contributed by atoms with Crippen molar-refractivity contribution < 1.29 is 14.3 Å². The molecule has 0 unspecified atom stereocenters. The molecule has 0 aliphatic heterocycles. The van der Waals surface area contributed by atoms with Gasteiger partial charge in [-0.25, -0.2) is 5.43 Å². The van der Waals surface area contributed by atoms with Gasteiger partial charge in [0.1, 0.15) is 6.61 Å². The van der Waals surface area contributed by atoms with Gasteiger partial charge < -0.3 is 14.0 Å². The molecule has 4 aromatic rings. The lowest BCUT2D eigenvalue weighted by Crippen LogP contribution is -2.20. The Morgan fingerprint density at radius 3 is 2.59 bits per heavy atom. The summed E-state index contributed by atoms with van der Waals surface area (Å²) in [5.74, 6) is 1.82. The van der Waals surface area contributed by atoms with Gasteiger partial charge in [0.2, 0.25) is 0 Å². The number of benzene rings is 3. The summed E-state index contributed by atoms with van der Waals surface area (Å²) in [6.07, 6.45) is 1.55. The number of ether oxygens (including phenoxy) is 2. The molecule has 190 valence electrons. The minimum Gasteiger partial charge on any atom is -0.493 e. The van der Waals surface area contributed by atoms with E-state index in [0.29, 0.717) is 34.8 Å². The van der Waals surface area contributed by atoms with Crippen molar-refractivity contribution in [2.75, 3.05) is 12.9 Å². The Balaban J connectivity index is 1.31. The lowest BCUT2D eigenvalue weighted by molar-refractivity contribution is -0.118. The molecule has 1 N–H and O–H groups in total. The minimum atomic E-state index is -0.255. The number of halogens is 1. The summed E-state index contributed by atoms with van der Waals surface area (Å²) < 4.78 is 13.3. The molecule has 0 atom stereocenters. The molecule has 0 spiro atoms. The molecular formula is C27H26ClN5O3S. The maximum absolute atomic E-state index is 12.4. The summed E-state index contributed by atoms with van der Waals surface area (Å²) in [6, 6.07) is 22.8. The first-order chi connectivity index (χ1) is 18.1. The molecule has 37 heavy (non-hydrogen) atoms. The summed E-state index contributed by atoms with van der Waals surface area (Å²) in [7, 11) is 1.58. The van der Waals surface area contributed by atoms with Crippen LogP contribution >= 0.6 is 23.4 Å². The molecule has 0 saturated carbocycles. The van der Waals surface area contributed by atoms with E-state index in [1.165, 1.54) is 11.8 Å². The van der Waals surface area contributed by atoms with Crippen LogP contribution in [0.25, 0.3) is 11.4 Å². The summed E-state index contributed by atoms with van der Waals surface area (Å²) in [5.41, 5.74) is 5.28. The van der Waals surface area contributed by atoms with E-state index in [-0.39, 0.29) is 11.7 Å². The van der Waals surface area contributed by atoms with Gasteiger partial charge in [-0.15, -0.1) is 10.2 Å². The van der Waals surface area contributed by atoms with E-state index in [2.05, 4.69) is 20.7 Å². The van der Waals surface area contributed by atoms with Crippen LogP contribution in [0.1, 0.15) is 18.1 Å². The number of nitrogens with zero attached hydrogens (tertiary/aromatic N) is 4. The monoisotopic (exact) mass is 535 g/mol. The Kier molecular flexibility index (Phi) is 9.18. The van der Waals surface area contributed by atoms with E-state index < -0.39 is 0 Å². The lowest BCUT2D eigenvalue weighted by atomic mass is 10.2. The predicted molar refractivity (Wildman–Crippen MR) is 146 cm³/mol. The second kappa shape index (κ2) is 12.9. The van der Waals surface area contributed by atoms with Crippen LogP contribution in [0.5, 0.6) is 11.5 Å². The zero-order valence-electron chi connectivity index (χ0n) is 20.4. The molecule has 10 heteroatoms. The number of hydrazone groups is 1. The summed E-state index contributed by atoms with van der Waals surface area (Å²) >= 11 is 7.28. The Bertz CT molecular complexity index is 1360. The quantitative estimate of drug-likeness (QED) is 0.156. The SMILES string of the molecule is CCn1c(SCC(=O)NN=Cc2ccc(OCc3ccccc3)c(OC)c2)nnc1-c1ccc(Cl)cc1. The van der Waals surface area contributed by atoms with Crippen molar-refractivity contribution in [3.63, 3.8) is 0 Å². The molecule has 4 rings (SSSR count). The predicted octanol–water partition coefficient (Wildman–Crippen LogP) is 5.45. The minimum absolute atomic E-state index is 0.145. The molecule has 0 saturated heterocycles. The Morgan fingerprint density at radius 2 is 1.86 bits per heavy atom. The molecule has 8 nitrogen and oxygen atoms in total. The van der Waals surface area contributed by atoms with Crippen molar-refractivity contribution in [2.45, 2.75) is 25.2 Å². The number of carbonyl (C=O) groups excluding carboxylic acids is 1. The van der Waals surface area contributed by atoms with Crippen molar-refractivity contribution >= 4 is 35.5 Å². The highest BCUT2D eigenvalue weighted by Crippen LogP contribution is 2.28. The molecule has 0 radical (unpaired) electrons. The Labute approximate surface area is 224 Å². The highest BCUT2D eigenvalue weighted by Gasteiger charge is 2.14. The van der Waals surface area contributed by atoms with E-state index in [1.54, 1.807) is 19.4 Å². The maximum atomic E-state index is 12.4. The number of nitrogens with one attached hydrogen (secondary N) is 1. The van der Waals surface area contributed by atoms with Gasteiger partial charge in [-0.3, -0.25) is 4.79 Å². The van der Waals surface area contributed by atoms with Crippen LogP contribution in [0.15, 0.2) is 83.1 Å². The van der Waals surface area contributed by atoms with E-state index in [9.17, 15) is 4.79 Å². The van der Waals surface area contributed by atoms with Gasteiger partial charge in [0.05, 0.1) is 19.1 Å². The number of rotatable bonds is 11. The summed E-state index contributed by atoms with van der Waals surface area (Å²) in [6.45, 7) is 3.11. The molecular weight excluding hydrogens is 510 g/mol. The van der Waals surface area contributed by atoms with Crippen LogP contribution in [0.4, 0.5) is 0 Å². The number of hydrogen-bond donors (Lipinski definition) is 1. The molecule has 0 aliphatic carbocycles. The zero-order chi connectivity index (χ0) is 26.0. The first-order valence-corrected chi connectivity index (χ1v) is 12.9. The van der Waals surface area contributed by atoms with Gasteiger partial charge in [-0.1, -0.05) is 53.7 Å². The third-order valence-electron chi connectivity index (χ3n) is 5.30. The zero-order valence-corrected chi connectivity index (χ0v) is 22.0. The van der Waals surface area contributed by atoms with Gasteiger partial charge in [-0.2, -0.15) is 5.10 Å². The molecule has 3 aromatic carbocycles. The molecule has 0 bridgehead atoms. The topological polar surface area (TPSA) is 90.6 Å². The normalized spacial score (nSPS) is 11.0. The van der Waals surface area contributed by atoms with Crippen molar-refractivity contribution in [3.05, 3.63) is 88.9 Å². The summed E-state index contributed by atoms with van der Waals surface area (Å²) in [4.78, 5) is 12.4. The number of thioether (sulfide) groups is 1. The third kappa shape index (κ3) is 7.12. The first kappa shape index (κ1) is 26.2. The average molecular weight is 536 g/mol. The fourth-order valence-corrected chi connectivity index (χ4v) is 4.37. The Hall–Kier alpha value is -3.82.